The minimum absolute atomic E-state index is 0.258. The van der Waals surface area contributed by atoms with Gasteiger partial charge in [0.15, 0.2) is 5.65 Å². The highest BCUT2D eigenvalue weighted by molar-refractivity contribution is 5.93. The highest BCUT2D eigenvalue weighted by atomic mass is 16.4. The molecule has 0 radical (unpaired) electrons. The molecular formula is C20H16N4O2. The van der Waals surface area contributed by atoms with Gasteiger partial charge in [-0.2, -0.15) is 5.10 Å². The first-order valence-electron chi connectivity index (χ1n) is 8.13. The first kappa shape index (κ1) is 16.0. The van der Waals surface area contributed by atoms with Gasteiger partial charge < -0.3 is 5.11 Å². The molecular weight excluding hydrogens is 328 g/mol. The lowest BCUT2D eigenvalue weighted by atomic mass is 10.1. The number of fused-ring (bicyclic) bond motifs is 2. The maximum absolute atomic E-state index is 11.0. The Morgan fingerprint density at radius 1 is 1.15 bits per heavy atom. The van der Waals surface area contributed by atoms with E-state index in [0.717, 1.165) is 38.9 Å². The molecule has 0 bridgehead atoms. The zero-order valence-corrected chi connectivity index (χ0v) is 14.3. The molecule has 26 heavy (non-hydrogen) atoms. The van der Waals surface area contributed by atoms with Crippen molar-refractivity contribution in [3.05, 3.63) is 65.1 Å². The number of pyridine rings is 2. The number of benzene rings is 1. The molecule has 0 aliphatic carbocycles. The number of carboxylic acids is 1. The summed E-state index contributed by atoms with van der Waals surface area (Å²) >= 11 is 0. The quantitative estimate of drug-likeness (QED) is 0.613. The lowest BCUT2D eigenvalue weighted by molar-refractivity contribution is 0.0697. The Morgan fingerprint density at radius 3 is 2.81 bits per heavy atom. The van der Waals surface area contributed by atoms with Crippen LogP contribution >= 0.6 is 0 Å². The molecule has 4 rings (SSSR count). The molecule has 0 fully saturated rings. The molecule has 0 amide bonds. The Labute approximate surface area is 149 Å². The maximum atomic E-state index is 11.0. The van der Waals surface area contributed by atoms with Crippen molar-refractivity contribution in [1.29, 1.82) is 0 Å². The normalized spacial score (nSPS) is 11.6. The third kappa shape index (κ3) is 2.82. The zero-order chi connectivity index (χ0) is 18.3. The molecule has 0 unspecified atom stereocenters. The van der Waals surface area contributed by atoms with Crippen LogP contribution in [0.5, 0.6) is 0 Å². The van der Waals surface area contributed by atoms with Gasteiger partial charge in [-0.1, -0.05) is 12.1 Å². The molecule has 6 heteroatoms. The number of rotatable bonds is 3. The van der Waals surface area contributed by atoms with E-state index in [1.807, 2.05) is 38.3 Å². The Morgan fingerprint density at radius 2 is 2.00 bits per heavy atom. The van der Waals surface area contributed by atoms with Gasteiger partial charge in [-0.25, -0.2) is 14.8 Å². The summed E-state index contributed by atoms with van der Waals surface area (Å²) in [6.07, 6.45) is 5.68. The highest BCUT2D eigenvalue weighted by Crippen LogP contribution is 2.19. The molecule has 3 heterocycles. The van der Waals surface area contributed by atoms with E-state index < -0.39 is 5.97 Å². The Hall–Kier alpha value is -3.54. The average molecular weight is 344 g/mol. The topological polar surface area (TPSA) is 80.9 Å². The van der Waals surface area contributed by atoms with Crippen LogP contribution in [-0.4, -0.2) is 30.8 Å². The van der Waals surface area contributed by atoms with Gasteiger partial charge in [0.05, 0.1) is 22.5 Å². The Balaban J connectivity index is 1.66. The molecule has 128 valence electrons. The van der Waals surface area contributed by atoms with Gasteiger partial charge in [-0.3, -0.25) is 4.68 Å². The molecule has 4 aromatic rings. The first-order valence-corrected chi connectivity index (χ1v) is 8.13. The number of carbonyl (C=O) groups is 1. The standard InChI is InChI=1S/C20H16N4O2/c1-12-17-9-13(11-21-19(17)24(2)23-12)3-6-16-7-4-14-10-15(20(25)26)5-8-18(14)22-16/h3-11H,1-2H3,(H,25,26). The van der Waals surface area contributed by atoms with Crippen molar-refractivity contribution in [1.82, 2.24) is 19.7 Å². The van der Waals surface area contributed by atoms with Crippen LogP contribution in [0.25, 0.3) is 34.1 Å². The van der Waals surface area contributed by atoms with Crippen molar-refractivity contribution in [2.45, 2.75) is 6.92 Å². The summed E-state index contributed by atoms with van der Waals surface area (Å²) < 4.78 is 1.77. The van der Waals surface area contributed by atoms with Gasteiger partial charge in [0.2, 0.25) is 0 Å². The molecule has 0 aliphatic heterocycles. The minimum atomic E-state index is -0.940. The number of aromatic carboxylic acids is 1. The lowest BCUT2D eigenvalue weighted by Crippen LogP contribution is -1.95. The molecule has 0 atom stereocenters. The number of hydrogen-bond donors (Lipinski definition) is 1. The van der Waals surface area contributed by atoms with Crippen molar-refractivity contribution in [2.75, 3.05) is 0 Å². The number of hydrogen-bond acceptors (Lipinski definition) is 4. The number of nitrogens with zero attached hydrogens (tertiary/aromatic N) is 4. The van der Waals surface area contributed by atoms with Crippen LogP contribution in [0.3, 0.4) is 0 Å². The maximum Gasteiger partial charge on any atom is 0.335 e. The van der Waals surface area contributed by atoms with Crippen molar-refractivity contribution >= 4 is 40.1 Å². The van der Waals surface area contributed by atoms with Crippen LogP contribution in [0.4, 0.5) is 0 Å². The summed E-state index contributed by atoms with van der Waals surface area (Å²) in [5.74, 6) is -0.940. The monoisotopic (exact) mass is 344 g/mol. The number of aromatic nitrogens is 4. The fourth-order valence-corrected chi connectivity index (χ4v) is 2.96. The number of carboxylic acid groups (broad SMARTS) is 1. The zero-order valence-electron chi connectivity index (χ0n) is 14.3. The van der Waals surface area contributed by atoms with E-state index in [1.165, 1.54) is 0 Å². The second-order valence-electron chi connectivity index (χ2n) is 6.13. The SMILES string of the molecule is Cc1nn(C)c2ncc(C=Cc3ccc4cc(C(=O)O)ccc4n3)cc12. The summed E-state index contributed by atoms with van der Waals surface area (Å²) in [6.45, 7) is 1.97. The molecule has 3 aromatic heterocycles. The van der Waals surface area contributed by atoms with E-state index >= 15 is 0 Å². The largest absolute Gasteiger partial charge is 0.478 e. The summed E-state index contributed by atoms with van der Waals surface area (Å²) in [7, 11) is 1.88. The predicted octanol–water partition coefficient (Wildman–Crippen LogP) is 3.69. The predicted molar refractivity (Wildman–Crippen MR) is 101 cm³/mol. The van der Waals surface area contributed by atoms with Gasteiger partial charge in [-0.15, -0.1) is 0 Å². The van der Waals surface area contributed by atoms with E-state index in [-0.39, 0.29) is 5.56 Å². The third-order valence-corrected chi connectivity index (χ3v) is 4.29. The van der Waals surface area contributed by atoms with Crippen LogP contribution in [0.15, 0.2) is 42.6 Å². The smallest absolute Gasteiger partial charge is 0.335 e. The van der Waals surface area contributed by atoms with Crippen molar-refractivity contribution in [2.24, 2.45) is 7.05 Å². The van der Waals surface area contributed by atoms with Crippen LogP contribution in [0, 0.1) is 6.92 Å². The molecule has 0 aliphatic rings. The molecule has 0 spiro atoms. The second kappa shape index (κ2) is 6.07. The van der Waals surface area contributed by atoms with E-state index in [0.29, 0.717) is 0 Å². The molecule has 0 saturated carbocycles. The van der Waals surface area contributed by atoms with E-state index in [9.17, 15) is 4.79 Å². The lowest BCUT2D eigenvalue weighted by Gasteiger charge is -2.01. The number of aryl methyl sites for hydroxylation is 2. The van der Waals surface area contributed by atoms with Crippen molar-refractivity contribution < 1.29 is 9.90 Å². The van der Waals surface area contributed by atoms with Crippen LogP contribution in [0.1, 0.15) is 27.3 Å². The third-order valence-electron chi connectivity index (χ3n) is 4.29. The molecule has 0 saturated heterocycles. The Kier molecular flexibility index (Phi) is 3.73. The van der Waals surface area contributed by atoms with Gasteiger partial charge in [0.25, 0.3) is 0 Å². The van der Waals surface area contributed by atoms with Crippen LogP contribution < -0.4 is 0 Å². The van der Waals surface area contributed by atoms with Crippen LogP contribution in [-0.2, 0) is 7.05 Å². The first-order chi connectivity index (χ1) is 12.5. The average Bonchev–Trinajstić information content (AvgIpc) is 2.93. The molecule has 1 N–H and O–H groups in total. The van der Waals surface area contributed by atoms with Crippen LogP contribution in [0.2, 0.25) is 0 Å². The highest BCUT2D eigenvalue weighted by Gasteiger charge is 2.06. The van der Waals surface area contributed by atoms with Gasteiger partial charge >= 0.3 is 5.97 Å². The summed E-state index contributed by atoms with van der Waals surface area (Å²) in [4.78, 5) is 20.1. The van der Waals surface area contributed by atoms with Gasteiger partial charge in [0, 0.05) is 24.0 Å². The van der Waals surface area contributed by atoms with E-state index in [1.54, 1.807) is 29.1 Å². The van der Waals surface area contributed by atoms with E-state index in [2.05, 4.69) is 21.1 Å². The Bertz CT molecular complexity index is 1190. The molecule has 1 aromatic carbocycles. The van der Waals surface area contributed by atoms with Crippen molar-refractivity contribution in [3.8, 4) is 0 Å². The second-order valence-corrected chi connectivity index (χ2v) is 6.13. The summed E-state index contributed by atoms with van der Waals surface area (Å²) in [5, 5.41) is 15.3. The fourth-order valence-electron chi connectivity index (χ4n) is 2.96. The van der Waals surface area contributed by atoms with Gasteiger partial charge in [-0.05, 0) is 48.9 Å². The van der Waals surface area contributed by atoms with E-state index in [4.69, 9.17) is 5.11 Å². The summed E-state index contributed by atoms with van der Waals surface area (Å²) in [5.41, 5.74) is 4.59. The fraction of sp³-hybridized carbons (Fsp3) is 0.100. The molecule has 6 nitrogen and oxygen atoms in total. The van der Waals surface area contributed by atoms with Crippen molar-refractivity contribution in [3.63, 3.8) is 0 Å². The summed E-state index contributed by atoms with van der Waals surface area (Å²) in [6, 6.07) is 10.7. The van der Waals surface area contributed by atoms with Gasteiger partial charge in [0.1, 0.15) is 0 Å². The minimum Gasteiger partial charge on any atom is -0.478 e.